The average Bonchev–Trinajstić information content (AvgIpc) is 2.78. The van der Waals surface area contributed by atoms with Crippen molar-refractivity contribution in [3.8, 4) is 23.7 Å². The van der Waals surface area contributed by atoms with E-state index < -0.39 is 0 Å². The summed E-state index contributed by atoms with van der Waals surface area (Å²) in [7, 11) is 1.67. The molecule has 0 radical (unpaired) electrons. The molecule has 2 aromatic rings. The summed E-state index contributed by atoms with van der Waals surface area (Å²) in [5.41, 5.74) is 8.05. The Kier molecular flexibility index (Phi) is 4.44. The van der Waals surface area contributed by atoms with Crippen molar-refractivity contribution in [3.05, 3.63) is 36.0 Å². The van der Waals surface area contributed by atoms with Gasteiger partial charge in [-0.15, -0.1) is 6.42 Å². The zero-order valence-electron chi connectivity index (χ0n) is 11.8. The minimum absolute atomic E-state index is 0.126. The van der Waals surface area contributed by atoms with Gasteiger partial charge in [0, 0.05) is 18.6 Å². The van der Waals surface area contributed by atoms with Crippen LogP contribution in [0, 0.1) is 12.3 Å². The number of benzene rings is 1. The van der Waals surface area contributed by atoms with E-state index in [1.54, 1.807) is 7.11 Å². The average molecular weight is 269 g/mol. The largest absolute Gasteiger partial charge is 0.384 e. The second-order valence-corrected chi connectivity index (χ2v) is 4.72. The molecular formula is C16H19N3O. The number of terminal acetylenes is 1. The van der Waals surface area contributed by atoms with E-state index in [2.05, 4.69) is 10.9 Å². The molecule has 1 aromatic heterocycles. The summed E-state index contributed by atoms with van der Waals surface area (Å²) in [6, 6.07) is 9.91. The highest BCUT2D eigenvalue weighted by Gasteiger charge is 2.19. The Balaban J connectivity index is 2.51. The van der Waals surface area contributed by atoms with Crippen LogP contribution >= 0.6 is 0 Å². The smallest absolute Gasteiger partial charge is 0.142 e. The maximum absolute atomic E-state index is 6.21. The van der Waals surface area contributed by atoms with Gasteiger partial charge in [-0.25, -0.2) is 4.98 Å². The summed E-state index contributed by atoms with van der Waals surface area (Å²) in [6.07, 6.45) is 5.44. The van der Waals surface area contributed by atoms with Gasteiger partial charge in [-0.3, -0.25) is 4.57 Å². The monoisotopic (exact) mass is 269 g/mol. The van der Waals surface area contributed by atoms with Crippen molar-refractivity contribution in [2.24, 2.45) is 0 Å². The van der Waals surface area contributed by atoms with Gasteiger partial charge in [0.05, 0.1) is 18.8 Å². The van der Waals surface area contributed by atoms with Gasteiger partial charge in [0.1, 0.15) is 11.6 Å². The molecule has 0 aliphatic carbocycles. The fourth-order valence-electron chi connectivity index (χ4n) is 2.23. The van der Waals surface area contributed by atoms with E-state index in [1.807, 2.05) is 41.8 Å². The van der Waals surface area contributed by atoms with Crippen LogP contribution in [0.1, 0.15) is 18.5 Å². The van der Waals surface area contributed by atoms with Crippen LogP contribution in [0.4, 0.5) is 5.82 Å². The molecule has 1 heterocycles. The molecule has 4 heteroatoms. The first-order valence-corrected chi connectivity index (χ1v) is 6.52. The summed E-state index contributed by atoms with van der Waals surface area (Å²) >= 11 is 0. The van der Waals surface area contributed by atoms with Gasteiger partial charge in [0.15, 0.2) is 0 Å². The molecular weight excluding hydrogens is 250 g/mol. The fraction of sp³-hybridized carbons (Fsp3) is 0.312. The Bertz CT molecular complexity index is 611. The third kappa shape index (κ3) is 2.68. The van der Waals surface area contributed by atoms with E-state index in [0.29, 0.717) is 19.0 Å². The first-order valence-electron chi connectivity index (χ1n) is 6.52. The van der Waals surface area contributed by atoms with Crippen molar-refractivity contribution < 1.29 is 4.74 Å². The predicted molar refractivity (Wildman–Crippen MR) is 81.2 cm³/mol. The minimum atomic E-state index is 0.126. The van der Waals surface area contributed by atoms with E-state index in [0.717, 1.165) is 17.1 Å². The third-order valence-corrected chi connectivity index (χ3v) is 3.20. The summed E-state index contributed by atoms with van der Waals surface area (Å²) in [4.78, 5) is 4.68. The predicted octanol–water partition coefficient (Wildman–Crippen LogP) is 2.52. The number of hydrogen-bond donors (Lipinski definition) is 1. The lowest BCUT2D eigenvalue weighted by molar-refractivity contribution is 0.183. The number of nitrogen functional groups attached to an aromatic ring is 1. The summed E-state index contributed by atoms with van der Waals surface area (Å²) in [6.45, 7) is 3.02. The van der Waals surface area contributed by atoms with Crippen molar-refractivity contribution >= 4 is 5.82 Å². The number of methoxy groups -OCH3 is 1. The molecule has 4 nitrogen and oxygen atoms in total. The molecule has 0 fully saturated rings. The van der Waals surface area contributed by atoms with Gasteiger partial charge in [-0.1, -0.05) is 43.2 Å². The van der Waals surface area contributed by atoms with E-state index in [9.17, 15) is 0 Å². The van der Waals surface area contributed by atoms with Gasteiger partial charge < -0.3 is 10.5 Å². The first kappa shape index (κ1) is 14.2. The Morgan fingerprint density at radius 3 is 2.70 bits per heavy atom. The van der Waals surface area contributed by atoms with Crippen molar-refractivity contribution in [1.29, 1.82) is 0 Å². The topological polar surface area (TPSA) is 53.1 Å². The van der Waals surface area contributed by atoms with Crippen molar-refractivity contribution in [3.63, 3.8) is 0 Å². The zero-order valence-corrected chi connectivity index (χ0v) is 11.8. The quantitative estimate of drug-likeness (QED) is 0.849. The molecule has 104 valence electrons. The normalized spacial score (nSPS) is 12.1. The number of aromatic nitrogens is 2. The van der Waals surface area contributed by atoms with E-state index in [1.165, 1.54) is 0 Å². The number of imidazole rings is 1. The molecule has 0 spiro atoms. The molecule has 1 aromatic carbocycles. The van der Waals surface area contributed by atoms with Crippen LogP contribution in [0.25, 0.3) is 11.4 Å². The lowest BCUT2D eigenvalue weighted by Crippen LogP contribution is -2.08. The highest BCUT2D eigenvalue weighted by atomic mass is 16.5. The second-order valence-electron chi connectivity index (χ2n) is 4.72. The molecule has 1 atom stereocenters. The highest BCUT2D eigenvalue weighted by Crippen LogP contribution is 2.28. The SMILES string of the molecule is C#CCn1c(-c2ccccc2)nc(C(C)COC)c1N. The number of rotatable bonds is 5. The molecule has 2 rings (SSSR count). The number of anilines is 1. The number of nitrogens with two attached hydrogens (primary N) is 1. The second kappa shape index (κ2) is 6.27. The Morgan fingerprint density at radius 2 is 2.10 bits per heavy atom. The molecule has 0 saturated carbocycles. The lowest BCUT2D eigenvalue weighted by atomic mass is 10.1. The fourth-order valence-corrected chi connectivity index (χ4v) is 2.23. The Hall–Kier alpha value is -2.25. The van der Waals surface area contributed by atoms with E-state index in [-0.39, 0.29) is 5.92 Å². The Labute approximate surface area is 119 Å². The Morgan fingerprint density at radius 1 is 1.40 bits per heavy atom. The molecule has 0 amide bonds. The lowest BCUT2D eigenvalue weighted by Gasteiger charge is -2.09. The molecule has 0 saturated heterocycles. The molecule has 0 aliphatic rings. The van der Waals surface area contributed by atoms with Crippen LogP contribution in [-0.2, 0) is 11.3 Å². The maximum Gasteiger partial charge on any atom is 0.142 e. The van der Waals surface area contributed by atoms with Crippen molar-refractivity contribution in [2.45, 2.75) is 19.4 Å². The van der Waals surface area contributed by atoms with Crippen LogP contribution in [0.15, 0.2) is 30.3 Å². The van der Waals surface area contributed by atoms with Crippen LogP contribution in [0.5, 0.6) is 0 Å². The molecule has 1 unspecified atom stereocenters. The van der Waals surface area contributed by atoms with Crippen LogP contribution in [-0.4, -0.2) is 23.3 Å². The number of ether oxygens (including phenoxy) is 1. The molecule has 0 bridgehead atoms. The van der Waals surface area contributed by atoms with Crippen molar-refractivity contribution in [2.75, 3.05) is 19.5 Å². The van der Waals surface area contributed by atoms with Crippen molar-refractivity contribution in [1.82, 2.24) is 9.55 Å². The van der Waals surface area contributed by atoms with E-state index >= 15 is 0 Å². The van der Waals surface area contributed by atoms with Gasteiger partial charge in [-0.2, -0.15) is 0 Å². The minimum Gasteiger partial charge on any atom is -0.384 e. The van der Waals surface area contributed by atoms with Gasteiger partial charge in [-0.05, 0) is 0 Å². The molecule has 0 aliphatic heterocycles. The number of hydrogen-bond acceptors (Lipinski definition) is 3. The van der Waals surface area contributed by atoms with Gasteiger partial charge in [0.2, 0.25) is 0 Å². The molecule has 2 N–H and O–H groups in total. The standard InChI is InChI=1S/C16H19N3O/c1-4-10-19-15(17)14(12(2)11-20-3)18-16(19)13-8-6-5-7-9-13/h1,5-9,12H,10-11,17H2,2-3H3. The summed E-state index contributed by atoms with van der Waals surface area (Å²) < 4.78 is 7.05. The maximum atomic E-state index is 6.21. The summed E-state index contributed by atoms with van der Waals surface area (Å²) in [5, 5.41) is 0. The summed E-state index contributed by atoms with van der Waals surface area (Å²) in [5.74, 6) is 4.18. The number of nitrogens with zero attached hydrogens (tertiary/aromatic N) is 2. The van der Waals surface area contributed by atoms with Crippen LogP contribution in [0.2, 0.25) is 0 Å². The van der Waals surface area contributed by atoms with Crippen LogP contribution in [0.3, 0.4) is 0 Å². The van der Waals surface area contributed by atoms with Gasteiger partial charge >= 0.3 is 0 Å². The van der Waals surface area contributed by atoms with Gasteiger partial charge in [0.25, 0.3) is 0 Å². The van der Waals surface area contributed by atoms with E-state index in [4.69, 9.17) is 16.9 Å². The first-order chi connectivity index (χ1) is 9.69. The highest BCUT2D eigenvalue weighted by molar-refractivity contribution is 5.61. The third-order valence-electron chi connectivity index (χ3n) is 3.20. The van der Waals surface area contributed by atoms with Crippen LogP contribution < -0.4 is 5.73 Å². The molecule has 20 heavy (non-hydrogen) atoms. The zero-order chi connectivity index (χ0) is 14.5.